The Morgan fingerprint density at radius 3 is 2.73 bits per heavy atom. The van der Waals surface area contributed by atoms with E-state index in [4.69, 9.17) is 10.4 Å². The Morgan fingerprint density at radius 2 is 2.03 bits per heavy atom. The molecule has 1 saturated carbocycles. The number of aliphatic hydroxyl groups excluding tert-OH is 1. The molecule has 3 heterocycles. The zero-order valence-electron chi connectivity index (χ0n) is 18.2. The molecule has 0 amide bonds. The van der Waals surface area contributed by atoms with Gasteiger partial charge in [-0.05, 0) is 49.6 Å². The zero-order valence-corrected chi connectivity index (χ0v) is 18.2. The fraction of sp³-hybridized carbons (Fsp3) is 0.208. The Labute approximate surface area is 191 Å². The number of pyridine rings is 1. The Morgan fingerprint density at radius 1 is 1.24 bits per heavy atom. The minimum absolute atomic E-state index is 0.0309. The van der Waals surface area contributed by atoms with Crippen LogP contribution >= 0.6 is 0 Å². The highest BCUT2D eigenvalue weighted by molar-refractivity contribution is 6.04. The summed E-state index contributed by atoms with van der Waals surface area (Å²) >= 11 is 0. The molecule has 0 saturated heterocycles. The first-order chi connectivity index (χ1) is 16.1. The molecule has 3 N–H and O–H groups in total. The molecule has 0 bridgehead atoms. The lowest BCUT2D eigenvalue weighted by atomic mass is 10.2. The van der Waals surface area contributed by atoms with Crippen molar-refractivity contribution in [3.05, 3.63) is 72.2 Å². The van der Waals surface area contributed by atoms with E-state index in [2.05, 4.69) is 27.1 Å². The molecule has 1 aliphatic carbocycles. The molecule has 0 unspecified atom stereocenters. The summed E-state index contributed by atoms with van der Waals surface area (Å²) in [5.41, 5.74) is 4.57. The third-order valence-electron chi connectivity index (χ3n) is 5.60. The minimum atomic E-state index is -0.0309. The van der Waals surface area contributed by atoms with Gasteiger partial charge in [0.2, 0.25) is 0 Å². The van der Waals surface area contributed by atoms with E-state index >= 15 is 0 Å². The molecule has 1 fully saturated rings. The van der Waals surface area contributed by atoms with Crippen LogP contribution in [0.25, 0.3) is 11.4 Å². The quantitative estimate of drug-likeness (QED) is 0.391. The molecule has 0 atom stereocenters. The van der Waals surface area contributed by atoms with Crippen LogP contribution in [0.15, 0.2) is 71.6 Å². The molecule has 0 radical (unpaired) electrons. The predicted molar refractivity (Wildman–Crippen MR) is 129 cm³/mol. The SMILES string of the molecule is C=CC=NC(=N)C(C)=C1Nc2ccc(-c3cnn(C4CC4)n3)nc2N1c1ccc(CO)cc1. The number of anilines is 3. The fourth-order valence-electron chi connectivity index (χ4n) is 3.62. The summed E-state index contributed by atoms with van der Waals surface area (Å²) in [4.78, 5) is 12.8. The molecule has 1 aliphatic heterocycles. The monoisotopic (exact) mass is 440 g/mol. The van der Waals surface area contributed by atoms with Gasteiger partial charge in [-0.2, -0.15) is 15.0 Å². The number of rotatable bonds is 6. The number of benzene rings is 1. The van der Waals surface area contributed by atoms with Crippen LogP contribution in [0.4, 0.5) is 17.2 Å². The van der Waals surface area contributed by atoms with E-state index in [1.165, 1.54) is 12.3 Å². The molecule has 2 aromatic heterocycles. The standard InChI is InChI=1S/C24H24N8O/c1-3-12-26-22(25)15(2)23-29-20-11-10-19(21-13-27-32(30-21)18-8-9-18)28-24(20)31(23)17-6-4-16(14-33)5-7-17/h3-7,10-13,18,25,29,33H,1,8-9,14H2,2H3. The highest BCUT2D eigenvalue weighted by Gasteiger charge is 2.31. The van der Waals surface area contributed by atoms with Crippen LogP contribution in [0.5, 0.6) is 0 Å². The molecular formula is C24H24N8O. The van der Waals surface area contributed by atoms with E-state index in [0.717, 1.165) is 41.2 Å². The highest BCUT2D eigenvalue weighted by Crippen LogP contribution is 2.43. The van der Waals surface area contributed by atoms with Gasteiger partial charge in [0, 0.05) is 17.5 Å². The van der Waals surface area contributed by atoms with Gasteiger partial charge in [0.1, 0.15) is 11.5 Å². The van der Waals surface area contributed by atoms with E-state index in [9.17, 15) is 5.11 Å². The van der Waals surface area contributed by atoms with Crippen LogP contribution in [0, 0.1) is 5.41 Å². The number of aliphatic hydroxyl groups is 1. The van der Waals surface area contributed by atoms with Crippen molar-refractivity contribution in [2.75, 3.05) is 10.2 Å². The third-order valence-corrected chi connectivity index (χ3v) is 5.60. The fourth-order valence-corrected chi connectivity index (χ4v) is 3.62. The smallest absolute Gasteiger partial charge is 0.163 e. The number of amidine groups is 1. The van der Waals surface area contributed by atoms with Crippen molar-refractivity contribution >= 4 is 29.2 Å². The summed E-state index contributed by atoms with van der Waals surface area (Å²) in [6.45, 7) is 5.43. The first-order valence-corrected chi connectivity index (χ1v) is 10.7. The van der Waals surface area contributed by atoms with Gasteiger partial charge in [-0.3, -0.25) is 10.3 Å². The average Bonchev–Trinajstić information content (AvgIpc) is 3.45. The van der Waals surface area contributed by atoms with Crippen molar-refractivity contribution in [1.82, 2.24) is 20.0 Å². The van der Waals surface area contributed by atoms with Crippen molar-refractivity contribution in [3.63, 3.8) is 0 Å². The van der Waals surface area contributed by atoms with Crippen molar-refractivity contribution in [3.8, 4) is 11.4 Å². The Bertz CT molecular complexity index is 1280. The lowest BCUT2D eigenvalue weighted by Crippen LogP contribution is -2.19. The van der Waals surface area contributed by atoms with E-state index < -0.39 is 0 Å². The van der Waals surface area contributed by atoms with Crippen LogP contribution in [0.1, 0.15) is 31.4 Å². The van der Waals surface area contributed by atoms with Gasteiger partial charge in [0.05, 0.1) is 30.2 Å². The number of aromatic nitrogens is 4. The molecule has 5 rings (SSSR count). The van der Waals surface area contributed by atoms with Gasteiger partial charge >= 0.3 is 0 Å². The van der Waals surface area contributed by atoms with Gasteiger partial charge in [-0.1, -0.05) is 24.8 Å². The number of hydrogen-bond acceptors (Lipinski definition) is 7. The van der Waals surface area contributed by atoms with Crippen molar-refractivity contribution in [1.29, 1.82) is 5.41 Å². The molecule has 33 heavy (non-hydrogen) atoms. The van der Waals surface area contributed by atoms with Crippen LogP contribution in [0.3, 0.4) is 0 Å². The number of nitrogens with one attached hydrogen (secondary N) is 2. The molecule has 9 heteroatoms. The van der Waals surface area contributed by atoms with Crippen LogP contribution < -0.4 is 10.2 Å². The molecular weight excluding hydrogens is 416 g/mol. The number of allylic oxidation sites excluding steroid dienone is 1. The maximum atomic E-state index is 9.44. The predicted octanol–water partition coefficient (Wildman–Crippen LogP) is 4.20. The number of hydrogen-bond donors (Lipinski definition) is 3. The van der Waals surface area contributed by atoms with E-state index in [1.807, 2.05) is 48.2 Å². The second-order valence-corrected chi connectivity index (χ2v) is 7.97. The highest BCUT2D eigenvalue weighted by atomic mass is 16.3. The van der Waals surface area contributed by atoms with Crippen molar-refractivity contribution in [2.45, 2.75) is 32.4 Å². The summed E-state index contributed by atoms with van der Waals surface area (Å²) in [6, 6.07) is 11.8. The number of nitrogens with zero attached hydrogens (tertiary/aromatic N) is 6. The topological polar surface area (TPSA) is 115 Å². The second-order valence-electron chi connectivity index (χ2n) is 7.97. The first kappa shape index (κ1) is 20.8. The summed E-state index contributed by atoms with van der Waals surface area (Å²) < 4.78 is 0. The molecule has 2 aliphatic rings. The second kappa shape index (κ2) is 8.44. The summed E-state index contributed by atoms with van der Waals surface area (Å²) in [6.07, 6.45) is 7.01. The maximum Gasteiger partial charge on any atom is 0.163 e. The maximum absolute atomic E-state index is 9.44. The Kier molecular flexibility index (Phi) is 5.31. The number of fused-ring (bicyclic) bond motifs is 1. The normalized spacial score (nSPS) is 16.6. The van der Waals surface area contributed by atoms with E-state index in [0.29, 0.717) is 23.3 Å². The van der Waals surface area contributed by atoms with Gasteiger partial charge in [-0.25, -0.2) is 9.98 Å². The van der Waals surface area contributed by atoms with Crippen LogP contribution in [-0.2, 0) is 6.61 Å². The van der Waals surface area contributed by atoms with E-state index in [-0.39, 0.29) is 12.4 Å². The molecule has 166 valence electrons. The van der Waals surface area contributed by atoms with Gasteiger partial charge in [0.15, 0.2) is 11.7 Å². The van der Waals surface area contributed by atoms with Gasteiger partial charge < -0.3 is 10.4 Å². The van der Waals surface area contributed by atoms with Crippen molar-refractivity contribution in [2.24, 2.45) is 4.99 Å². The summed E-state index contributed by atoms with van der Waals surface area (Å²) in [5, 5.41) is 30.2. The molecule has 3 aromatic rings. The lowest BCUT2D eigenvalue weighted by Gasteiger charge is -2.21. The summed E-state index contributed by atoms with van der Waals surface area (Å²) in [7, 11) is 0. The van der Waals surface area contributed by atoms with Crippen LogP contribution in [-0.4, -0.2) is 37.1 Å². The third kappa shape index (κ3) is 3.94. The first-order valence-electron chi connectivity index (χ1n) is 10.7. The lowest BCUT2D eigenvalue weighted by molar-refractivity contribution is 0.282. The van der Waals surface area contributed by atoms with Crippen molar-refractivity contribution < 1.29 is 5.11 Å². The Balaban J connectivity index is 1.59. The largest absolute Gasteiger partial charge is 0.392 e. The van der Waals surface area contributed by atoms with Gasteiger partial charge in [-0.15, -0.1) is 0 Å². The average molecular weight is 441 g/mol. The summed E-state index contributed by atoms with van der Waals surface area (Å²) in [5.74, 6) is 1.51. The molecule has 0 spiro atoms. The van der Waals surface area contributed by atoms with Gasteiger partial charge in [0.25, 0.3) is 0 Å². The zero-order chi connectivity index (χ0) is 22.9. The van der Waals surface area contributed by atoms with E-state index in [1.54, 1.807) is 11.0 Å². The molecule has 9 nitrogen and oxygen atoms in total. The van der Waals surface area contributed by atoms with Crippen LogP contribution in [0.2, 0.25) is 0 Å². The minimum Gasteiger partial charge on any atom is -0.392 e. The molecule has 1 aromatic carbocycles. The Hall–Kier alpha value is -4.11. The number of aliphatic imine (C=N–C) groups is 1.